The summed E-state index contributed by atoms with van der Waals surface area (Å²) < 4.78 is 31.6. The molecule has 0 radical (unpaired) electrons. The largest absolute Gasteiger partial charge is 0.478 e. The summed E-state index contributed by atoms with van der Waals surface area (Å²) in [6.07, 6.45) is 0.652. The molecule has 1 unspecified atom stereocenters. The summed E-state index contributed by atoms with van der Waals surface area (Å²) in [5, 5.41) is 10.2. The summed E-state index contributed by atoms with van der Waals surface area (Å²) in [6.45, 7) is 2.93. The average Bonchev–Trinajstić information content (AvgIpc) is 2.89. The molecular weight excluding hydrogens is 290 g/mol. The Morgan fingerprint density at radius 1 is 1.63 bits per heavy atom. The molecule has 106 valence electrons. The number of nitrogens with zero attached hydrogens (tertiary/aromatic N) is 1. The fourth-order valence-electron chi connectivity index (χ4n) is 1.85. The number of carboxylic acids is 1. The number of ether oxygens (including phenoxy) is 1. The summed E-state index contributed by atoms with van der Waals surface area (Å²) in [5.41, 5.74) is 0.00359. The number of rotatable bonds is 4. The lowest BCUT2D eigenvalue weighted by molar-refractivity contribution is -0.00272. The Balaban J connectivity index is 2.23. The Morgan fingerprint density at radius 3 is 2.95 bits per heavy atom. The molecule has 1 N–H and O–H groups in total. The van der Waals surface area contributed by atoms with Crippen LogP contribution >= 0.6 is 11.3 Å². The molecule has 1 aromatic heterocycles. The van der Waals surface area contributed by atoms with Gasteiger partial charge in [-0.3, -0.25) is 0 Å². The van der Waals surface area contributed by atoms with Gasteiger partial charge in [0.15, 0.2) is 0 Å². The fourth-order valence-corrected chi connectivity index (χ4v) is 4.61. The topological polar surface area (TPSA) is 83.9 Å². The van der Waals surface area contributed by atoms with Crippen molar-refractivity contribution >= 4 is 27.3 Å². The van der Waals surface area contributed by atoms with Gasteiger partial charge in [-0.25, -0.2) is 13.2 Å². The van der Waals surface area contributed by atoms with Gasteiger partial charge in [0.2, 0.25) is 0 Å². The summed E-state index contributed by atoms with van der Waals surface area (Å²) in [7, 11) is -3.61. The number of aromatic carboxylic acids is 1. The normalized spacial score (nSPS) is 21.4. The van der Waals surface area contributed by atoms with E-state index in [1.807, 2.05) is 6.92 Å². The highest BCUT2D eigenvalue weighted by molar-refractivity contribution is 7.91. The third kappa shape index (κ3) is 2.97. The number of carboxylic acid groups (broad SMARTS) is 1. The van der Waals surface area contributed by atoms with Crippen molar-refractivity contribution in [3.63, 3.8) is 0 Å². The van der Waals surface area contributed by atoms with Crippen LogP contribution in [-0.4, -0.2) is 49.6 Å². The zero-order valence-electron chi connectivity index (χ0n) is 10.4. The predicted molar refractivity (Wildman–Crippen MR) is 70.1 cm³/mol. The lowest BCUT2D eigenvalue weighted by Gasteiger charge is -2.31. The molecule has 6 nitrogen and oxygen atoms in total. The molecule has 2 rings (SSSR count). The molecule has 1 atom stereocenters. The molecule has 2 heterocycles. The number of thiophene rings is 1. The summed E-state index contributed by atoms with van der Waals surface area (Å²) in [6, 6.07) is 1.21. The summed E-state index contributed by atoms with van der Waals surface area (Å²) in [4.78, 5) is 10.8. The fraction of sp³-hybridized carbons (Fsp3) is 0.545. The van der Waals surface area contributed by atoms with E-state index < -0.39 is 16.0 Å². The number of hydrogen-bond acceptors (Lipinski definition) is 5. The van der Waals surface area contributed by atoms with Gasteiger partial charge >= 0.3 is 5.97 Å². The van der Waals surface area contributed by atoms with Crippen molar-refractivity contribution < 1.29 is 23.1 Å². The second-order valence-electron chi connectivity index (χ2n) is 4.22. The highest BCUT2D eigenvalue weighted by atomic mass is 32.2. The van der Waals surface area contributed by atoms with Crippen LogP contribution in [0, 0.1) is 0 Å². The van der Waals surface area contributed by atoms with Gasteiger partial charge in [-0.15, -0.1) is 11.3 Å². The molecule has 1 fully saturated rings. The van der Waals surface area contributed by atoms with Gasteiger partial charge in [-0.2, -0.15) is 4.31 Å². The van der Waals surface area contributed by atoms with Crippen molar-refractivity contribution in [3.05, 3.63) is 17.0 Å². The first kappa shape index (κ1) is 14.4. The van der Waals surface area contributed by atoms with Gasteiger partial charge in [0.05, 0.1) is 18.3 Å². The molecule has 0 aromatic carbocycles. The standard InChI is InChI=1S/C11H15NO5S2/c1-2-9-6-12(3-4-17-9)19(15,16)10-5-8(7-18-10)11(13)14/h5,7,9H,2-4,6H2,1H3,(H,13,14). The van der Waals surface area contributed by atoms with Gasteiger partial charge in [0.1, 0.15) is 4.21 Å². The molecular formula is C11H15NO5S2. The SMILES string of the molecule is CCC1CN(S(=O)(=O)c2cc(C(=O)O)cs2)CCO1. The van der Waals surface area contributed by atoms with E-state index >= 15 is 0 Å². The number of carbonyl (C=O) groups is 1. The van der Waals surface area contributed by atoms with Crippen LogP contribution in [0.15, 0.2) is 15.7 Å². The highest BCUT2D eigenvalue weighted by Gasteiger charge is 2.31. The lowest BCUT2D eigenvalue weighted by Crippen LogP contribution is -2.45. The third-order valence-electron chi connectivity index (χ3n) is 2.97. The molecule has 0 aliphatic carbocycles. The Hall–Kier alpha value is -0.960. The zero-order valence-corrected chi connectivity index (χ0v) is 12.0. The predicted octanol–water partition coefficient (Wildman–Crippen LogP) is 1.25. The van der Waals surface area contributed by atoms with Crippen LogP contribution < -0.4 is 0 Å². The maximum atomic E-state index is 12.4. The Labute approximate surface area is 115 Å². The maximum Gasteiger partial charge on any atom is 0.336 e. The van der Waals surface area contributed by atoms with Gasteiger partial charge in [0.25, 0.3) is 10.0 Å². The van der Waals surface area contributed by atoms with Crippen LogP contribution in [0.3, 0.4) is 0 Å². The van der Waals surface area contributed by atoms with E-state index in [4.69, 9.17) is 9.84 Å². The maximum absolute atomic E-state index is 12.4. The van der Waals surface area contributed by atoms with Gasteiger partial charge in [-0.1, -0.05) is 6.92 Å². The van der Waals surface area contributed by atoms with Crippen LogP contribution in [0.5, 0.6) is 0 Å². The van der Waals surface area contributed by atoms with Crippen LogP contribution in [0.2, 0.25) is 0 Å². The Bertz CT molecular complexity index is 565. The summed E-state index contributed by atoms with van der Waals surface area (Å²) >= 11 is 0.936. The summed E-state index contributed by atoms with van der Waals surface area (Å²) in [5.74, 6) is -1.12. The van der Waals surface area contributed by atoms with Crippen molar-refractivity contribution in [2.24, 2.45) is 0 Å². The molecule has 1 saturated heterocycles. The molecule has 8 heteroatoms. The van der Waals surface area contributed by atoms with E-state index in [1.54, 1.807) is 0 Å². The Kier molecular flexibility index (Phi) is 4.24. The van der Waals surface area contributed by atoms with Gasteiger partial charge < -0.3 is 9.84 Å². The van der Waals surface area contributed by atoms with E-state index in [9.17, 15) is 13.2 Å². The van der Waals surface area contributed by atoms with Crippen molar-refractivity contribution in [3.8, 4) is 0 Å². The smallest absolute Gasteiger partial charge is 0.336 e. The lowest BCUT2D eigenvalue weighted by atomic mass is 10.2. The van der Waals surface area contributed by atoms with E-state index in [1.165, 1.54) is 15.8 Å². The second kappa shape index (κ2) is 5.58. The molecule has 0 bridgehead atoms. The molecule has 1 aromatic rings. The number of sulfonamides is 1. The van der Waals surface area contributed by atoms with E-state index in [0.717, 1.165) is 17.8 Å². The quantitative estimate of drug-likeness (QED) is 0.905. The molecule has 0 spiro atoms. The van der Waals surface area contributed by atoms with Crippen molar-refractivity contribution in [1.82, 2.24) is 4.31 Å². The van der Waals surface area contributed by atoms with Crippen LogP contribution in [-0.2, 0) is 14.8 Å². The zero-order chi connectivity index (χ0) is 14.0. The van der Waals surface area contributed by atoms with E-state index in [2.05, 4.69) is 0 Å². The van der Waals surface area contributed by atoms with Crippen molar-refractivity contribution in [2.75, 3.05) is 19.7 Å². The van der Waals surface area contributed by atoms with E-state index in [-0.39, 0.29) is 15.9 Å². The first-order valence-electron chi connectivity index (χ1n) is 5.88. The number of morpholine rings is 1. The third-order valence-corrected chi connectivity index (χ3v) is 6.25. The Morgan fingerprint density at radius 2 is 2.37 bits per heavy atom. The minimum absolute atomic E-state index is 0.00359. The molecule has 1 aliphatic rings. The minimum atomic E-state index is -3.61. The number of hydrogen-bond donors (Lipinski definition) is 1. The van der Waals surface area contributed by atoms with Crippen LogP contribution in [0.25, 0.3) is 0 Å². The minimum Gasteiger partial charge on any atom is -0.478 e. The first-order chi connectivity index (χ1) is 8.95. The monoisotopic (exact) mass is 305 g/mol. The molecule has 1 aliphatic heterocycles. The molecule has 19 heavy (non-hydrogen) atoms. The van der Waals surface area contributed by atoms with Crippen molar-refractivity contribution in [2.45, 2.75) is 23.7 Å². The van der Waals surface area contributed by atoms with Crippen LogP contribution in [0.4, 0.5) is 0 Å². The molecule has 0 saturated carbocycles. The van der Waals surface area contributed by atoms with Gasteiger partial charge in [-0.05, 0) is 12.5 Å². The molecule has 0 amide bonds. The van der Waals surface area contributed by atoms with Gasteiger partial charge in [0, 0.05) is 18.5 Å². The first-order valence-corrected chi connectivity index (χ1v) is 8.20. The second-order valence-corrected chi connectivity index (χ2v) is 7.30. The average molecular weight is 305 g/mol. The van der Waals surface area contributed by atoms with Crippen molar-refractivity contribution in [1.29, 1.82) is 0 Å². The highest BCUT2D eigenvalue weighted by Crippen LogP contribution is 2.25. The van der Waals surface area contributed by atoms with E-state index in [0.29, 0.717) is 19.7 Å². The van der Waals surface area contributed by atoms with Crippen LogP contribution in [0.1, 0.15) is 23.7 Å².